The molecule has 0 atom stereocenters. The SMILES string of the molecule is CC(=O)N1CCCc2ccc(S(=O)(=O)N(C)CC(=O)O)cc21. The molecule has 1 aromatic rings. The van der Waals surface area contributed by atoms with Crippen molar-refractivity contribution in [3.63, 3.8) is 0 Å². The largest absolute Gasteiger partial charge is 0.480 e. The summed E-state index contributed by atoms with van der Waals surface area (Å²) in [6.45, 7) is 1.37. The van der Waals surface area contributed by atoms with Crippen LogP contribution in [0.3, 0.4) is 0 Å². The Labute approximate surface area is 129 Å². The fourth-order valence-corrected chi connectivity index (χ4v) is 3.64. The Morgan fingerprint density at radius 1 is 1.36 bits per heavy atom. The van der Waals surface area contributed by atoms with E-state index in [4.69, 9.17) is 5.11 Å². The molecule has 0 saturated heterocycles. The van der Waals surface area contributed by atoms with Gasteiger partial charge in [-0.15, -0.1) is 0 Å². The first-order chi connectivity index (χ1) is 10.2. The van der Waals surface area contributed by atoms with Crippen molar-refractivity contribution >= 4 is 27.6 Å². The quantitative estimate of drug-likeness (QED) is 0.878. The van der Waals surface area contributed by atoms with Crippen LogP contribution in [0, 0.1) is 0 Å². The van der Waals surface area contributed by atoms with E-state index < -0.39 is 22.5 Å². The van der Waals surface area contributed by atoms with Gasteiger partial charge >= 0.3 is 5.97 Å². The van der Waals surface area contributed by atoms with Gasteiger partial charge in [0, 0.05) is 26.2 Å². The van der Waals surface area contributed by atoms with E-state index in [0.717, 1.165) is 22.7 Å². The van der Waals surface area contributed by atoms with Crippen molar-refractivity contribution in [1.82, 2.24) is 4.31 Å². The third-order valence-electron chi connectivity index (χ3n) is 3.62. The van der Waals surface area contributed by atoms with Crippen molar-refractivity contribution in [2.45, 2.75) is 24.7 Å². The molecule has 0 spiro atoms. The van der Waals surface area contributed by atoms with Gasteiger partial charge < -0.3 is 10.0 Å². The third kappa shape index (κ3) is 3.12. The summed E-state index contributed by atoms with van der Waals surface area (Å²) in [6, 6.07) is 4.59. The average Bonchev–Trinajstić information content (AvgIpc) is 2.45. The predicted octanol–water partition coefficient (Wildman–Crippen LogP) is 0.691. The topological polar surface area (TPSA) is 95.0 Å². The van der Waals surface area contributed by atoms with Crippen LogP contribution in [0.1, 0.15) is 18.9 Å². The summed E-state index contributed by atoms with van der Waals surface area (Å²) in [5.41, 5.74) is 1.50. The Morgan fingerprint density at radius 3 is 2.64 bits per heavy atom. The number of sulfonamides is 1. The maximum absolute atomic E-state index is 12.4. The summed E-state index contributed by atoms with van der Waals surface area (Å²) in [5, 5.41) is 8.74. The summed E-state index contributed by atoms with van der Waals surface area (Å²) in [4.78, 5) is 23.9. The van der Waals surface area contributed by atoms with E-state index in [-0.39, 0.29) is 10.8 Å². The van der Waals surface area contributed by atoms with Crippen molar-refractivity contribution < 1.29 is 23.1 Å². The first-order valence-electron chi connectivity index (χ1n) is 6.82. The number of fused-ring (bicyclic) bond motifs is 1. The van der Waals surface area contributed by atoms with E-state index in [9.17, 15) is 18.0 Å². The maximum atomic E-state index is 12.4. The van der Waals surface area contributed by atoms with Crippen molar-refractivity contribution in [3.8, 4) is 0 Å². The molecule has 0 aliphatic carbocycles. The van der Waals surface area contributed by atoms with Crippen LogP contribution < -0.4 is 4.90 Å². The van der Waals surface area contributed by atoms with E-state index in [1.807, 2.05) is 0 Å². The zero-order valence-electron chi connectivity index (χ0n) is 12.4. The predicted molar refractivity (Wildman–Crippen MR) is 80.2 cm³/mol. The molecular formula is C14H18N2O5S. The highest BCUT2D eigenvalue weighted by Crippen LogP contribution is 2.30. The Bertz CT molecular complexity index is 714. The number of aryl methyl sites for hydroxylation is 1. The highest BCUT2D eigenvalue weighted by Gasteiger charge is 2.26. The van der Waals surface area contributed by atoms with Gasteiger partial charge in [0.15, 0.2) is 0 Å². The number of hydrogen-bond acceptors (Lipinski definition) is 4. The number of carbonyl (C=O) groups is 2. The number of carboxylic acid groups (broad SMARTS) is 1. The van der Waals surface area contributed by atoms with Crippen molar-refractivity contribution in [3.05, 3.63) is 23.8 Å². The van der Waals surface area contributed by atoms with Gasteiger partial charge in [-0.3, -0.25) is 9.59 Å². The van der Waals surface area contributed by atoms with Crippen molar-refractivity contribution in [1.29, 1.82) is 0 Å². The monoisotopic (exact) mass is 326 g/mol. The van der Waals surface area contributed by atoms with Crippen molar-refractivity contribution in [2.75, 3.05) is 25.0 Å². The number of aliphatic carboxylic acids is 1. The maximum Gasteiger partial charge on any atom is 0.318 e. The number of anilines is 1. The van der Waals surface area contributed by atoms with Gasteiger partial charge in [-0.2, -0.15) is 4.31 Å². The first-order valence-corrected chi connectivity index (χ1v) is 8.26. The Hall–Kier alpha value is -1.93. The molecule has 1 aliphatic heterocycles. The molecule has 120 valence electrons. The second-order valence-electron chi connectivity index (χ2n) is 5.22. The first kappa shape index (κ1) is 16.4. The lowest BCUT2D eigenvalue weighted by Gasteiger charge is -2.29. The fraction of sp³-hybridized carbons (Fsp3) is 0.429. The number of likely N-dealkylation sites (N-methyl/N-ethyl adjacent to an activating group) is 1. The van der Waals surface area contributed by atoms with Crippen LogP contribution in [0.4, 0.5) is 5.69 Å². The molecule has 0 saturated carbocycles. The number of rotatable bonds is 4. The van der Waals surface area contributed by atoms with Gasteiger partial charge in [0.2, 0.25) is 15.9 Å². The Kier molecular flexibility index (Phi) is 4.52. The van der Waals surface area contributed by atoms with Crippen LogP contribution in [-0.2, 0) is 26.0 Å². The molecular weight excluding hydrogens is 308 g/mol. The highest BCUT2D eigenvalue weighted by atomic mass is 32.2. The van der Waals surface area contributed by atoms with Crippen LogP contribution in [0.5, 0.6) is 0 Å². The summed E-state index contributed by atoms with van der Waals surface area (Å²) in [7, 11) is -2.69. The minimum atomic E-state index is -3.90. The molecule has 1 aliphatic rings. The highest BCUT2D eigenvalue weighted by molar-refractivity contribution is 7.89. The normalized spacial score (nSPS) is 14.8. The second kappa shape index (κ2) is 6.05. The minimum absolute atomic E-state index is 0.0110. The molecule has 0 fully saturated rings. The zero-order valence-corrected chi connectivity index (χ0v) is 13.3. The number of hydrogen-bond donors (Lipinski definition) is 1. The van der Waals surface area contributed by atoms with Crippen LogP contribution in [0.25, 0.3) is 0 Å². The average molecular weight is 326 g/mol. The van der Waals surface area contributed by atoms with Gasteiger partial charge in [-0.1, -0.05) is 6.07 Å². The lowest BCUT2D eigenvalue weighted by molar-refractivity contribution is -0.137. The molecule has 22 heavy (non-hydrogen) atoms. The second-order valence-corrected chi connectivity index (χ2v) is 7.26. The molecule has 8 heteroatoms. The number of carboxylic acids is 1. The van der Waals surface area contributed by atoms with Crippen LogP contribution in [0.15, 0.2) is 23.1 Å². The minimum Gasteiger partial charge on any atom is -0.480 e. The molecule has 7 nitrogen and oxygen atoms in total. The number of benzene rings is 1. The van der Waals surface area contributed by atoms with Gasteiger partial charge in [-0.05, 0) is 30.5 Å². The summed E-state index contributed by atoms with van der Waals surface area (Å²) in [6.07, 6.45) is 1.61. The lowest BCUT2D eigenvalue weighted by atomic mass is 10.0. The molecule has 0 bridgehead atoms. The molecule has 1 amide bonds. The van der Waals surface area contributed by atoms with E-state index in [1.54, 1.807) is 11.0 Å². The summed E-state index contributed by atoms with van der Waals surface area (Å²) < 4.78 is 25.6. The number of carbonyl (C=O) groups excluding carboxylic acids is 1. The molecule has 2 rings (SSSR count). The molecule has 0 unspecified atom stereocenters. The van der Waals surface area contributed by atoms with Crippen molar-refractivity contribution in [2.24, 2.45) is 0 Å². The smallest absolute Gasteiger partial charge is 0.318 e. The molecule has 1 N–H and O–H groups in total. The third-order valence-corrected chi connectivity index (χ3v) is 5.42. The van der Waals surface area contributed by atoms with E-state index in [2.05, 4.69) is 0 Å². The molecule has 0 aromatic heterocycles. The molecule has 1 heterocycles. The molecule has 0 radical (unpaired) electrons. The standard InChI is InChI=1S/C14H18N2O5S/c1-10(17)16-7-3-4-11-5-6-12(8-13(11)16)22(20,21)15(2)9-14(18)19/h5-6,8H,3-4,7,9H2,1-2H3,(H,18,19). The number of nitrogens with zero attached hydrogens (tertiary/aromatic N) is 2. The summed E-state index contributed by atoms with van der Waals surface area (Å²) in [5.74, 6) is -1.37. The molecule has 1 aromatic carbocycles. The van der Waals surface area contributed by atoms with Gasteiger partial charge in [-0.25, -0.2) is 8.42 Å². The van der Waals surface area contributed by atoms with Crippen LogP contribution in [-0.4, -0.2) is 49.8 Å². The zero-order chi connectivity index (χ0) is 16.5. The number of amides is 1. The van der Waals surface area contributed by atoms with Gasteiger partial charge in [0.1, 0.15) is 6.54 Å². The van der Waals surface area contributed by atoms with Gasteiger partial charge in [0.25, 0.3) is 0 Å². The fourth-order valence-electron chi connectivity index (χ4n) is 2.50. The van der Waals surface area contributed by atoms with E-state index >= 15 is 0 Å². The summed E-state index contributed by atoms with van der Waals surface area (Å²) >= 11 is 0. The lowest BCUT2D eigenvalue weighted by Crippen LogP contribution is -2.35. The Morgan fingerprint density at radius 2 is 2.05 bits per heavy atom. The van der Waals surface area contributed by atoms with Gasteiger partial charge in [0.05, 0.1) is 4.90 Å². The van der Waals surface area contributed by atoms with E-state index in [1.165, 1.54) is 26.1 Å². The van der Waals surface area contributed by atoms with E-state index in [0.29, 0.717) is 12.2 Å². The van der Waals surface area contributed by atoms with Crippen LogP contribution in [0.2, 0.25) is 0 Å². The van der Waals surface area contributed by atoms with Crippen LogP contribution >= 0.6 is 0 Å². The Balaban J connectivity index is 2.44.